The van der Waals surface area contributed by atoms with Crippen molar-refractivity contribution in [3.8, 4) is 0 Å². The predicted octanol–water partition coefficient (Wildman–Crippen LogP) is 2.78. The van der Waals surface area contributed by atoms with Gasteiger partial charge in [0.05, 0.1) is 11.4 Å². The van der Waals surface area contributed by atoms with Gasteiger partial charge in [-0.1, -0.05) is 12.1 Å². The van der Waals surface area contributed by atoms with Gasteiger partial charge in [0.25, 0.3) is 5.91 Å². The maximum Gasteiger partial charge on any atom is 0.289 e. The van der Waals surface area contributed by atoms with Gasteiger partial charge in [-0.2, -0.15) is 0 Å². The molecule has 0 radical (unpaired) electrons. The fourth-order valence-electron chi connectivity index (χ4n) is 3.50. The second-order valence-corrected chi connectivity index (χ2v) is 6.40. The fraction of sp³-hybridized carbons (Fsp3) is 0.316. The molecule has 1 amide bonds. The van der Waals surface area contributed by atoms with Crippen LogP contribution >= 0.6 is 0 Å². The van der Waals surface area contributed by atoms with Crippen LogP contribution in [-0.2, 0) is 0 Å². The Hall–Kier alpha value is -2.89. The van der Waals surface area contributed by atoms with E-state index < -0.39 is 0 Å². The Morgan fingerprint density at radius 2 is 2.16 bits per heavy atom. The number of aromatic nitrogens is 2. The summed E-state index contributed by atoms with van der Waals surface area (Å²) in [5.41, 5.74) is 0.251. The molecule has 0 bridgehead atoms. The molecule has 1 fully saturated rings. The summed E-state index contributed by atoms with van der Waals surface area (Å²) in [4.78, 5) is 31.1. The Balaban J connectivity index is 1.62. The Kier molecular flexibility index (Phi) is 3.87. The number of nitrogens with zero attached hydrogens (tertiary/aromatic N) is 3. The number of hydrogen-bond acceptors (Lipinski definition) is 4. The highest BCUT2D eigenvalue weighted by Gasteiger charge is 2.27. The predicted molar refractivity (Wildman–Crippen MR) is 93.6 cm³/mol. The molecule has 6 nitrogen and oxygen atoms in total. The molecule has 3 heterocycles. The van der Waals surface area contributed by atoms with E-state index in [0.29, 0.717) is 24.1 Å². The van der Waals surface area contributed by atoms with Crippen LogP contribution in [0.5, 0.6) is 0 Å². The lowest BCUT2D eigenvalue weighted by Gasteiger charge is -2.33. The SMILES string of the molecule is Cc1nccn1C1CCCN(C(=O)c2cc(=O)c3ccccc3o2)C1. The summed E-state index contributed by atoms with van der Waals surface area (Å²) in [5, 5.41) is 0.490. The number of rotatable bonds is 2. The first-order chi connectivity index (χ1) is 12.1. The van der Waals surface area contributed by atoms with Crippen LogP contribution in [-0.4, -0.2) is 33.4 Å². The molecule has 1 aliphatic heterocycles. The van der Waals surface area contributed by atoms with Gasteiger partial charge in [0.15, 0.2) is 11.2 Å². The topological polar surface area (TPSA) is 68.3 Å². The Morgan fingerprint density at radius 3 is 2.96 bits per heavy atom. The van der Waals surface area contributed by atoms with Crippen LogP contribution in [0.15, 0.2) is 51.9 Å². The van der Waals surface area contributed by atoms with Crippen molar-refractivity contribution < 1.29 is 9.21 Å². The Labute approximate surface area is 144 Å². The van der Waals surface area contributed by atoms with Gasteiger partial charge in [-0.05, 0) is 31.9 Å². The van der Waals surface area contributed by atoms with Gasteiger partial charge in [0.1, 0.15) is 11.4 Å². The second kappa shape index (κ2) is 6.20. The first-order valence-electron chi connectivity index (χ1n) is 8.45. The zero-order valence-corrected chi connectivity index (χ0v) is 14.0. The van der Waals surface area contributed by atoms with Crippen molar-refractivity contribution in [2.24, 2.45) is 0 Å². The Morgan fingerprint density at radius 1 is 1.32 bits per heavy atom. The third kappa shape index (κ3) is 2.84. The van der Waals surface area contributed by atoms with Gasteiger partial charge in [-0.3, -0.25) is 9.59 Å². The van der Waals surface area contributed by atoms with E-state index in [4.69, 9.17) is 4.42 Å². The average molecular weight is 337 g/mol. The zero-order chi connectivity index (χ0) is 17.4. The van der Waals surface area contributed by atoms with Crippen molar-refractivity contribution >= 4 is 16.9 Å². The summed E-state index contributed by atoms with van der Waals surface area (Å²) in [7, 11) is 0. The molecular weight excluding hydrogens is 318 g/mol. The van der Waals surface area contributed by atoms with Gasteiger partial charge in [0.2, 0.25) is 0 Å². The number of piperidine rings is 1. The fourth-order valence-corrected chi connectivity index (χ4v) is 3.50. The van der Waals surface area contributed by atoms with Gasteiger partial charge in [-0.25, -0.2) is 4.98 Å². The molecule has 0 spiro atoms. The lowest BCUT2D eigenvalue weighted by atomic mass is 10.0. The van der Waals surface area contributed by atoms with E-state index in [1.165, 1.54) is 6.07 Å². The molecule has 1 atom stereocenters. The maximum absolute atomic E-state index is 12.9. The number of para-hydroxylation sites is 1. The normalized spacial score (nSPS) is 17.8. The monoisotopic (exact) mass is 337 g/mol. The van der Waals surface area contributed by atoms with Gasteiger partial charge < -0.3 is 13.9 Å². The number of imidazole rings is 1. The third-order valence-corrected chi connectivity index (χ3v) is 4.78. The van der Waals surface area contributed by atoms with E-state index in [2.05, 4.69) is 9.55 Å². The number of amides is 1. The highest BCUT2D eigenvalue weighted by Crippen LogP contribution is 2.24. The van der Waals surface area contributed by atoms with Crippen molar-refractivity contribution in [2.75, 3.05) is 13.1 Å². The van der Waals surface area contributed by atoms with Crippen LogP contribution in [0.2, 0.25) is 0 Å². The molecule has 1 aliphatic rings. The molecule has 1 saturated heterocycles. The number of benzene rings is 1. The van der Waals surface area contributed by atoms with Crippen LogP contribution in [0, 0.1) is 6.92 Å². The van der Waals surface area contributed by atoms with Crippen molar-refractivity contribution in [3.05, 3.63) is 64.5 Å². The van der Waals surface area contributed by atoms with E-state index in [-0.39, 0.29) is 23.1 Å². The quantitative estimate of drug-likeness (QED) is 0.721. The molecule has 4 rings (SSSR count). The first-order valence-corrected chi connectivity index (χ1v) is 8.45. The average Bonchev–Trinajstić information content (AvgIpc) is 3.07. The molecule has 1 unspecified atom stereocenters. The molecule has 25 heavy (non-hydrogen) atoms. The van der Waals surface area contributed by atoms with Crippen LogP contribution in [0.3, 0.4) is 0 Å². The second-order valence-electron chi connectivity index (χ2n) is 6.40. The number of carbonyl (C=O) groups excluding carboxylic acids is 1. The molecule has 1 aromatic carbocycles. The summed E-state index contributed by atoms with van der Waals surface area (Å²) in [6, 6.07) is 8.49. The third-order valence-electron chi connectivity index (χ3n) is 4.78. The molecule has 0 N–H and O–H groups in total. The minimum Gasteiger partial charge on any atom is -0.451 e. The summed E-state index contributed by atoms with van der Waals surface area (Å²) in [6.45, 7) is 3.22. The van der Waals surface area contributed by atoms with Gasteiger partial charge in [0, 0.05) is 31.5 Å². The van der Waals surface area contributed by atoms with Gasteiger partial charge >= 0.3 is 0 Å². The smallest absolute Gasteiger partial charge is 0.289 e. The standard InChI is InChI=1S/C19H19N3O3/c1-13-20-8-10-22(13)14-5-4-9-21(12-14)19(24)18-11-16(23)15-6-2-3-7-17(15)25-18/h2-3,6-8,10-11,14H,4-5,9,12H2,1H3. The van der Waals surface area contributed by atoms with Crippen LogP contribution in [0.1, 0.15) is 35.3 Å². The number of aryl methyl sites for hydroxylation is 1. The highest BCUT2D eigenvalue weighted by atomic mass is 16.3. The van der Waals surface area contributed by atoms with Gasteiger partial charge in [-0.15, -0.1) is 0 Å². The van der Waals surface area contributed by atoms with E-state index >= 15 is 0 Å². The zero-order valence-electron chi connectivity index (χ0n) is 14.0. The molecule has 6 heteroatoms. The molecule has 0 aliphatic carbocycles. The van der Waals surface area contributed by atoms with Crippen molar-refractivity contribution in [2.45, 2.75) is 25.8 Å². The van der Waals surface area contributed by atoms with Crippen molar-refractivity contribution in [3.63, 3.8) is 0 Å². The minimum absolute atomic E-state index is 0.103. The van der Waals surface area contributed by atoms with E-state index in [1.54, 1.807) is 35.4 Å². The lowest BCUT2D eigenvalue weighted by molar-refractivity contribution is 0.0647. The maximum atomic E-state index is 12.9. The van der Waals surface area contributed by atoms with Crippen LogP contribution in [0.4, 0.5) is 0 Å². The first kappa shape index (κ1) is 15.6. The van der Waals surface area contributed by atoms with E-state index in [9.17, 15) is 9.59 Å². The number of fused-ring (bicyclic) bond motifs is 1. The summed E-state index contributed by atoms with van der Waals surface area (Å²) >= 11 is 0. The summed E-state index contributed by atoms with van der Waals surface area (Å²) in [5.74, 6) is 0.813. The molecule has 2 aromatic heterocycles. The van der Waals surface area contributed by atoms with E-state index in [1.807, 2.05) is 13.1 Å². The Bertz CT molecular complexity index is 989. The van der Waals surface area contributed by atoms with E-state index in [0.717, 1.165) is 18.7 Å². The molecule has 128 valence electrons. The molecule has 0 saturated carbocycles. The summed E-state index contributed by atoms with van der Waals surface area (Å²) < 4.78 is 7.80. The molecular formula is C19H19N3O3. The van der Waals surface area contributed by atoms with Crippen LogP contribution < -0.4 is 5.43 Å². The lowest BCUT2D eigenvalue weighted by Crippen LogP contribution is -2.41. The van der Waals surface area contributed by atoms with Crippen molar-refractivity contribution in [1.29, 1.82) is 0 Å². The number of likely N-dealkylation sites (tertiary alicyclic amines) is 1. The largest absolute Gasteiger partial charge is 0.451 e. The minimum atomic E-state index is -0.231. The highest BCUT2D eigenvalue weighted by molar-refractivity contribution is 5.93. The number of hydrogen-bond donors (Lipinski definition) is 0. The molecule has 3 aromatic rings. The number of carbonyl (C=O) groups is 1. The summed E-state index contributed by atoms with van der Waals surface area (Å²) in [6.07, 6.45) is 5.64. The van der Waals surface area contributed by atoms with Crippen molar-refractivity contribution in [1.82, 2.24) is 14.5 Å². The van der Waals surface area contributed by atoms with Crippen LogP contribution in [0.25, 0.3) is 11.0 Å².